The summed E-state index contributed by atoms with van der Waals surface area (Å²) in [5.74, 6) is 12.5. The van der Waals surface area contributed by atoms with Crippen molar-refractivity contribution < 1.29 is 0 Å². The molecule has 0 unspecified atom stereocenters. The molecule has 30 heavy (non-hydrogen) atoms. The van der Waals surface area contributed by atoms with Gasteiger partial charge < -0.3 is 0 Å². The minimum Gasteiger partial charge on any atom is -0.237 e. The first-order valence-corrected chi connectivity index (χ1v) is 8.49. The van der Waals surface area contributed by atoms with Gasteiger partial charge >= 0.3 is 0 Å². The number of nitrogens with zero attached hydrogens (tertiary/aromatic N) is 4. The highest BCUT2D eigenvalue weighted by Gasteiger charge is 2.18. The molecule has 0 spiro atoms. The first-order valence-electron chi connectivity index (χ1n) is 8.49. The van der Waals surface area contributed by atoms with Gasteiger partial charge in [0.05, 0.1) is 27.7 Å². The molecule has 0 radical (unpaired) electrons. The summed E-state index contributed by atoms with van der Waals surface area (Å²) in [6.07, 6.45) is 28.0. The Labute approximate surface area is 173 Å². The third-order valence-electron chi connectivity index (χ3n) is 4.68. The molecule has 0 amide bonds. The lowest BCUT2D eigenvalue weighted by atomic mass is 9.98. The van der Waals surface area contributed by atoms with Crippen LogP contribution in [-0.4, -0.2) is 15.0 Å². The Kier molecular flexibility index (Phi) is 4.06. The van der Waals surface area contributed by atoms with E-state index in [1.807, 2.05) is 0 Å². The Morgan fingerprint density at radius 3 is 1.40 bits per heavy atom. The molecule has 1 aromatic carbocycles. The molecule has 0 atom stereocenters. The number of fused-ring (bicyclic) bond motifs is 6. The zero-order valence-electron chi connectivity index (χ0n) is 15.4. The summed E-state index contributed by atoms with van der Waals surface area (Å²) in [6, 6.07) is 7.17. The Morgan fingerprint density at radius 1 is 0.533 bits per heavy atom. The van der Waals surface area contributed by atoms with Crippen molar-refractivity contribution in [3.05, 3.63) is 52.0 Å². The van der Waals surface area contributed by atoms with Crippen LogP contribution >= 0.6 is 0 Å². The third-order valence-corrected chi connectivity index (χ3v) is 4.68. The molecule has 3 heterocycles. The normalized spacial score (nSPS) is 9.80. The fourth-order valence-electron chi connectivity index (χ4n) is 3.33. The SMILES string of the molecule is C#Cc1cc2c3cc(C#C)c(C#C)nc3c3nc(C#C)c(C#N)cc3c2nc1C#C. The minimum atomic E-state index is 0.188. The monoisotopic (exact) mass is 376 g/mol. The van der Waals surface area contributed by atoms with E-state index >= 15 is 0 Å². The number of hydrogen-bond acceptors (Lipinski definition) is 4. The second kappa shape index (κ2) is 6.72. The van der Waals surface area contributed by atoms with Crippen molar-refractivity contribution in [3.8, 4) is 67.8 Å². The predicted molar refractivity (Wildman–Crippen MR) is 117 cm³/mol. The molecule has 4 nitrogen and oxygen atoms in total. The molecular formula is C26H8N4. The summed E-state index contributed by atoms with van der Waals surface area (Å²) in [4.78, 5) is 13.6. The maximum atomic E-state index is 9.50. The Balaban J connectivity index is 2.42. The number of rotatable bonds is 0. The zero-order valence-corrected chi connectivity index (χ0v) is 15.4. The lowest BCUT2D eigenvalue weighted by molar-refractivity contribution is 1.30. The maximum absolute atomic E-state index is 9.50. The smallest absolute Gasteiger partial charge is 0.131 e. The molecule has 0 N–H and O–H groups in total. The van der Waals surface area contributed by atoms with E-state index in [2.05, 4.69) is 50.6 Å². The van der Waals surface area contributed by atoms with Crippen molar-refractivity contribution in [2.45, 2.75) is 0 Å². The van der Waals surface area contributed by atoms with E-state index in [4.69, 9.17) is 32.1 Å². The third kappa shape index (κ3) is 2.41. The molecule has 132 valence electrons. The van der Waals surface area contributed by atoms with Crippen LogP contribution in [0, 0.1) is 73.1 Å². The van der Waals surface area contributed by atoms with Gasteiger partial charge in [0, 0.05) is 16.2 Å². The Morgan fingerprint density at radius 2 is 0.933 bits per heavy atom. The van der Waals surface area contributed by atoms with Gasteiger partial charge in [0.15, 0.2) is 0 Å². The molecule has 0 aliphatic heterocycles. The summed E-state index contributed by atoms with van der Waals surface area (Å²) in [7, 11) is 0. The second-order valence-corrected chi connectivity index (χ2v) is 6.18. The molecule has 0 fully saturated rings. The van der Waals surface area contributed by atoms with Crippen molar-refractivity contribution in [3.63, 3.8) is 0 Å². The average molecular weight is 376 g/mol. The quantitative estimate of drug-likeness (QED) is 0.349. The van der Waals surface area contributed by atoms with E-state index in [0.717, 1.165) is 0 Å². The summed E-state index contributed by atoms with van der Waals surface area (Å²) in [5, 5.41) is 11.4. The topological polar surface area (TPSA) is 62.5 Å². The molecule has 0 aliphatic carbocycles. The van der Waals surface area contributed by atoms with Crippen molar-refractivity contribution in [2.24, 2.45) is 0 Å². The Hall–Kier alpha value is -5.26. The molecule has 3 aromatic heterocycles. The van der Waals surface area contributed by atoms with Gasteiger partial charge in [-0.3, -0.25) is 0 Å². The van der Waals surface area contributed by atoms with Crippen LogP contribution in [0.4, 0.5) is 0 Å². The van der Waals surface area contributed by atoms with E-state index in [0.29, 0.717) is 55.2 Å². The van der Waals surface area contributed by atoms with Gasteiger partial charge in [-0.1, -0.05) is 11.8 Å². The van der Waals surface area contributed by atoms with Crippen molar-refractivity contribution >= 4 is 32.7 Å². The molecule has 0 saturated carbocycles. The van der Waals surface area contributed by atoms with E-state index in [-0.39, 0.29) is 11.3 Å². The molecule has 0 bridgehead atoms. The van der Waals surface area contributed by atoms with Crippen molar-refractivity contribution in [1.82, 2.24) is 15.0 Å². The summed E-state index contributed by atoms with van der Waals surface area (Å²) >= 11 is 0. The van der Waals surface area contributed by atoms with Gasteiger partial charge in [-0.25, -0.2) is 15.0 Å². The number of nitriles is 1. The number of benzene rings is 1. The van der Waals surface area contributed by atoms with Crippen LogP contribution in [-0.2, 0) is 0 Å². The number of aromatic nitrogens is 3. The molecular weight excluding hydrogens is 368 g/mol. The summed E-state index contributed by atoms with van der Waals surface area (Å²) in [5.41, 5.74) is 3.33. The van der Waals surface area contributed by atoms with Gasteiger partial charge in [-0.05, 0) is 36.0 Å². The van der Waals surface area contributed by atoms with Gasteiger partial charge in [0.25, 0.3) is 0 Å². The first-order chi connectivity index (χ1) is 14.6. The summed E-state index contributed by atoms with van der Waals surface area (Å²) in [6.45, 7) is 0. The minimum absolute atomic E-state index is 0.188. The Bertz CT molecular complexity index is 1340. The zero-order chi connectivity index (χ0) is 21.4. The summed E-state index contributed by atoms with van der Waals surface area (Å²) < 4.78 is 0. The number of pyridine rings is 3. The maximum Gasteiger partial charge on any atom is 0.131 e. The van der Waals surface area contributed by atoms with E-state index < -0.39 is 0 Å². The van der Waals surface area contributed by atoms with Crippen molar-refractivity contribution in [1.29, 1.82) is 5.26 Å². The van der Waals surface area contributed by atoms with E-state index in [1.165, 1.54) is 0 Å². The molecule has 4 heteroatoms. The van der Waals surface area contributed by atoms with Gasteiger partial charge in [-0.15, -0.1) is 32.1 Å². The number of terminal acetylenes is 5. The molecule has 0 saturated heterocycles. The van der Waals surface area contributed by atoms with Crippen LogP contribution in [0.3, 0.4) is 0 Å². The van der Waals surface area contributed by atoms with Crippen LogP contribution in [0.25, 0.3) is 32.7 Å². The van der Waals surface area contributed by atoms with Crippen LogP contribution in [0.5, 0.6) is 0 Å². The van der Waals surface area contributed by atoms with Gasteiger partial charge in [-0.2, -0.15) is 5.26 Å². The lowest BCUT2D eigenvalue weighted by Gasteiger charge is -2.12. The van der Waals surface area contributed by atoms with Gasteiger partial charge in [0.1, 0.15) is 28.7 Å². The van der Waals surface area contributed by atoms with Crippen LogP contribution in [0.1, 0.15) is 33.8 Å². The standard InChI is InChI=1S/C26H8N4/c1-6-15-11-18-19-12-16(7-2)22(9-4)29-25(19)26-20(24(18)28-21(15)8-3)13-17(14-27)23(10-5)30-26/h1-5,11-13H. The molecule has 4 aromatic rings. The van der Waals surface area contributed by atoms with Crippen molar-refractivity contribution in [2.75, 3.05) is 0 Å². The van der Waals surface area contributed by atoms with Gasteiger partial charge in [0.2, 0.25) is 0 Å². The van der Waals surface area contributed by atoms with Crippen LogP contribution in [0.15, 0.2) is 18.2 Å². The first kappa shape index (κ1) is 18.1. The fraction of sp³-hybridized carbons (Fsp3) is 0. The largest absolute Gasteiger partial charge is 0.237 e. The van der Waals surface area contributed by atoms with E-state index in [9.17, 15) is 5.26 Å². The highest BCUT2D eigenvalue weighted by atomic mass is 14.8. The average Bonchev–Trinajstić information content (AvgIpc) is 2.81. The molecule has 0 aliphatic rings. The fourth-order valence-corrected chi connectivity index (χ4v) is 3.33. The lowest BCUT2D eigenvalue weighted by Crippen LogP contribution is -2.00. The predicted octanol–water partition coefficient (Wildman–Crippen LogP) is 3.11. The number of hydrogen-bond donors (Lipinski definition) is 0. The van der Waals surface area contributed by atoms with E-state index in [1.54, 1.807) is 18.2 Å². The van der Waals surface area contributed by atoms with Crippen LogP contribution in [0.2, 0.25) is 0 Å². The van der Waals surface area contributed by atoms with Crippen LogP contribution < -0.4 is 0 Å². The second-order valence-electron chi connectivity index (χ2n) is 6.18. The molecule has 4 rings (SSSR count). The highest BCUT2D eigenvalue weighted by Crippen LogP contribution is 2.35. The highest BCUT2D eigenvalue weighted by molar-refractivity contribution is 6.22.